The molecule has 1 fully saturated rings. The van der Waals surface area contributed by atoms with Crippen LogP contribution in [-0.4, -0.2) is 12.4 Å². The molecule has 0 saturated heterocycles. The van der Waals surface area contributed by atoms with E-state index in [1.165, 1.54) is 5.56 Å². The third kappa shape index (κ3) is 2.32. The molecule has 0 bridgehead atoms. The van der Waals surface area contributed by atoms with Crippen LogP contribution in [0.1, 0.15) is 30.4 Å². The number of rotatable bonds is 4. The van der Waals surface area contributed by atoms with Gasteiger partial charge in [0.15, 0.2) is 0 Å². The van der Waals surface area contributed by atoms with Crippen molar-refractivity contribution in [1.82, 2.24) is 0 Å². The number of carbonyl (C=O) groups is 1. The monoisotopic (exact) mass is 250 g/mol. The number of Topliss-reactive ketones (excluding diaryl/α,β-unsaturated/α-hetero) is 1. The highest BCUT2D eigenvalue weighted by Gasteiger charge is 2.29. The van der Waals surface area contributed by atoms with E-state index in [2.05, 4.69) is 0 Å². The van der Waals surface area contributed by atoms with Crippen LogP contribution in [0, 0.1) is 5.92 Å². The molecule has 1 aliphatic heterocycles. The van der Waals surface area contributed by atoms with E-state index in [1.54, 1.807) is 0 Å². The van der Waals surface area contributed by atoms with E-state index < -0.39 is 0 Å². The summed E-state index contributed by atoms with van der Waals surface area (Å²) < 4.78 is 5.62. The zero-order valence-electron chi connectivity index (χ0n) is 9.67. The van der Waals surface area contributed by atoms with E-state index in [0.29, 0.717) is 18.1 Å². The summed E-state index contributed by atoms with van der Waals surface area (Å²) in [6.07, 6.45) is 4.49. The minimum Gasteiger partial charge on any atom is -0.493 e. The highest BCUT2D eigenvalue weighted by atomic mass is 35.5. The summed E-state index contributed by atoms with van der Waals surface area (Å²) in [5, 5.41) is 0.753. The summed E-state index contributed by atoms with van der Waals surface area (Å²) in [4.78, 5) is 11.7. The molecule has 0 atom stereocenters. The molecular weight excluding hydrogens is 236 g/mol. The Bertz CT molecular complexity index is 464. The van der Waals surface area contributed by atoms with Crippen molar-refractivity contribution in [2.75, 3.05) is 6.61 Å². The fraction of sp³-hybridized carbons (Fsp3) is 0.500. The second-order valence-corrected chi connectivity index (χ2v) is 5.33. The van der Waals surface area contributed by atoms with Crippen LogP contribution in [0.4, 0.5) is 0 Å². The average Bonchev–Trinajstić information content (AvgIpc) is 3.05. The maximum Gasteiger partial charge on any atom is 0.136 e. The molecular formula is C14H15ClO2. The van der Waals surface area contributed by atoms with Crippen LogP contribution < -0.4 is 4.74 Å². The molecule has 0 amide bonds. The molecule has 3 heteroatoms. The summed E-state index contributed by atoms with van der Waals surface area (Å²) in [5.41, 5.74) is 2.28. The zero-order chi connectivity index (χ0) is 11.8. The number of benzene rings is 1. The number of ketones is 1. The van der Waals surface area contributed by atoms with E-state index in [1.807, 2.05) is 12.1 Å². The molecule has 0 unspecified atom stereocenters. The predicted octanol–water partition coefficient (Wildman–Crippen LogP) is 3.19. The Morgan fingerprint density at radius 1 is 1.41 bits per heavy atom. The van der Waals surface area contributed by atoms with Crippen LogP contribution in [-0.2, 0) is 17.6 Å². The van der Waals surface area contributed by atoms with Gasteiger partial charge in [-0.15, -0.1) is 0 Å². The van der Waals surface area contributed by atoms with Gasteiger partial charge in [-0.3, -0.25) is 4.79 Å². The standard InChI is InChI=1S/C14H15ClO2/c15-12-7-10(3-4-13(16)9-1-2-9)14-11(8-12)5-6-17-14/h7-9H,1-6H2. The molecule has 1 aromatic carbocycles. The van der Waals surface area contributed by atoms with Crippen molar-refractivity contribution in [3.8, 4) is 5.75 Å². The van der Waals surface area contributed by atoms with Crippen LogP contribution in [0.15, 0.2) is 12.1 Å². The molecule has 2 aliphatic rings. The first-order valence-electron chi connectivity index (χ1n) is 6.21. The smallest absolute Gasteiger partial charge is 0.136 e. The van der Waals surface area contributed by atoms with Crippen molar-refractivity contribution < 1.29 is 9.53 Å². The topological polar surface area (TPSA) is 26.3 Å². The molecule has 1 heterocycles. The van der Waals surface area contributed by atoms with E-state index in [-0.39, 0.29) is 0 Å². The van der Waals surface area contributed by atoms with Crippen molar-refractivity contribution in [1.29, 1.82) is 0 Å². The molecule has 3 rings (SSSR count). The normalized spacial score (nSPS) is 17.7. The molecule has 1 aliphatic carbocycles. The largest absolute Gasteiger partial charge is 0.493 e. The Kier molecular flexibility index (Phi) is 2.83. The molecule has 2 nitrogen and oxygen atoms in total. The van der Waals surface area contributed by atoms with Gasteiger partial charge in [-0.05, 0) is 42.5 Å². The van der Waals surface area contributed by atoms with Gasteiger partial charge in [0, 0.05) is 23.8 Å². The Labute approximate surface area is 106 Å². The number of hydrogen-bond acceptors (Lipinski definition) is 2. The lowest BCUT2D eigenvalue weighted by Gasteiger charge is -2.08. The van der Waals surface area contributed by atoms with Crippen LogP contribution in [0.2, 0.25) is 5.02 Å². The fourth-order valence-corrected chi connectivity index (χ4v) is 2.66. The molecule has 0 radical (unpaired) electrons. The van der Waals surface area contributed by atoms with Gasteiger partial charge in [0.05, 0.1) is 6.61 Å². The number of carbonyl (C=O) groups excluding carboxylic acids is 1. The predicted molar refractivity (Wildman–Crippen MR) is 66.7 cm³/mol. The first kappa shape index (κ1) is 11.1. The third-order valence-corrected chi connectivity index (χ3v) is 3.72. The molecule has 0 spiro atoms. The van der Waals surface area contributed by atoms with Crippen LogP contribution >= 0.6 is 11.6 Å². The summed E-state index contributed by atoms with van der Waals surface area (Å²) in [6.45, 7) is 0.735. The van der Waals surface area contributed by atoms with Crippen LogP contribution in [0.3, 0.4) is 0 Å². The van der Waals surface area contributed by atoms with Crippen molar-refractivity contribution in [2.45, 2.75) is 32.1 Å². The van der Waals surface area contributed by atoms with Crippen molar-refractivity contribution in [3.05, 3.63) is 28.3 Å². The molecule has 1 saturated carbocycles. The van der Waals surface area contributed by atoms with Crippen molar-refractivity contribution in [3.63, 3.8) is 0 Å². The summed E-state index contributed by atoms with van der Waals surface area (Å²) in [5.74, 6) is 1.72. The number of ether oxygens (including phenoxy) is 1. The number of hydrogen-bond donors (Lipinski definition) is 0. The summed E-state index contributed by atoms with van der Waals surface area (Å²) in [7, 11) is 0. The number of fused-ring (bicyclic) bond motifs is 1. The van der Waals surface area contributed by atoms with E-state index in [9.17, 15) is 4.79 Å². The minimum atomic E-state index is 0.350. The third-order valence-electron chi connectivity index (χ3n) is 3.50. The molecule has 17 heavy (non-hydrogen) atoms. The van der Waals surface area contributed by atoms with E-state index in [4.69, 9.17) is 16.3 Å². The van der Waals surface area contributed by atoms with Gasteiger partial charge in [0.1, 0.15) is 11.5 Å². The van der Waals surface area contributed by atoms with Gasteiger partial charge < -0.3 is 4.74 Å². The maximum absolute atomic E-state index is 11.7. The van der Waals surface area contributed by atoms with Gasteiger partial charge in [-0.2, -0.15) is 0 Å². The summed E-state index contributed by atoms with van der Waals surface area (Å²) >= 11 is 6.08. The fourth-order valence-electron chi connectivity index (χ4n) is 2.40. The molecule has 90 valence electrons. The van der Waals surface area contributed by atoms with E-state index >= 15 is 0 Å². The van der Waals surface area contributed by atoms with Gasteiger partial charge in [-0.25, -0.2) is 0 Å². The van der Waals surface area contributed by atoms with Crippen LogP contribution in [0.25, 0.3) is 0 Å². The molecule has 1 aromatic rings. The number of halogens is 1. The molecule has 0 aromatic heterocycles. The zero-order valence-corrected chi connectivity index (χ0v) is 10.4. The molecule has 0 N–H and O–H groups in total. The number of aryl methyl sites for hydroxylation is 1. The minimum absolute atomic E-state index is 0.350. The first-order chi connectivity index (χ1) is 8.24. The lowest BCUT2D eigenvalue weighted by molar-refractivity contribution is -0.120. The Balaban J connectivity index is 1.75. The second kappa shape index (κ2) is 4.34. The van der Waals surface area contributed by atoms with Gasteiger partial charge >= 0.3 is 0 Å². The Hall–Kier alpha value is -1.02. The quantitative estimate of drug-likeness (QED) is 0.820. The lowest BCUT2D eigenvalue weighted by atomic mass is 10.0. The van der Waals surface area contributed by atoms with Crippen molar-refractivity contribution >= 4 is 17.4 Å². The SMILES string of the molecule is O=C(CCc1cc(Cl)cc2c1OCC2)C1CC1. The van der Waals surface area contributed by atoms with Crippen LogP contribution in [0.5, 0.6) is 5.75 Å². The summed E-state index contributed by atoms with van der Waals surface area (Å²) in [6, 6.07) is 3.90. The second-order valence-electron chi connectivity index (χ2n) is 4.89. The van der Waals surface area contributed by atoms with Gasteiger partial charge in [-0.1, -0.05) is 11.6 Å². The van der Waals surface area contributed by atoms with Gasteiger partial charge in [0.25, 0.3) is 0 Å². The highest BCUT2D eigenvalue weighted by molar-refractivity contribution is 6.30. The van der Waals surface area contributed by atoms with Gasteiger partial charge in [0.2, 0.25) is 0 Å². The Morgan fingerprint density at radius 2 is 2.24 bits per heavy atom. The highest BCUT2D eigenvalue weighted by Crippen LogP contribution is 2.35. The average molecular weight is 251 g/mol. The maximum atomic E-state index is 11.7. The van der Waals surface area contributed by atoms with Crippen molar-refractivity contribution in [2.24, 2.45) is 5.92 Å². The van der Waals surface area contributed by atoms with E-state index in [0.717, 1.165) is 48.6 Å². The Morgan fingerprint density at radius 3 is 3.00 bits per heavy atom. The first-order valence-corrected chi connectivity index (χ1v) is 6.58. The lowest BCUT2D eigenvalue weighted by Crippen LogP contribution is -2.03.